The van der Waals surface area contributed by atoms with Crippen LogP contribution in [0.3, 0.4) is 0 Å². The van der Waals surface area contributed by atoms with Gasteiger partial charge >= 0.3 is 0 Å². The maximum atomic E-state index is 5.21. The van der Waals surface area contributed by atoms with E-state index in [2.05, 4.69) is 27.0 Å². The first-order chi connectivity index (χ1) is 8.88. The van der Waals surface area contributed by atoms with E-state index < -0.39 is 0 Å². The Kier molecular flexibility index (Phi) is 6.14. The molecule has 1 fully saturated rings. The van der Waals surface area contributed by atoms with Gasteiger partial charge in [-0.1, -0.05) is 0 Å². The van der Waals surface area contributed by atoms with Crippen molar-refractivity contribution in [3.05, 3.63) is 22.4 Å². The summed E-state index contributed by atoms with van der Waals surface area (Å²) in [6.07, 6.45) is 3.80. The first-order valence-electron chi connectivity index (χ1n) is 6.84. The van der Waals surface area contributed by atoms with E-state index in [-0.39, 0.29) is 0 Å². The molecule has 1 aromatic heterocycles. The minimum absolute atomic E-state index is 0.685. The van der Waals surface area contributed by atoms with Crippen molar-refractivity contribution in [2.24, 2.45) is 0 Å². The third kappa shape index (κ3) is 4.69. The zero-order valence-electron chi connectivity index (χ0n) is 11.2. The molecule has 3 nitrogen and oxygen atoms in total. The summed E-state index contributed by atoms with van der Waals surface area (Å²) in [4.78, 5) is 2.53. The molecule has 0 aromatic carbocycles. The lowest BCUT2D eigenvalue weighted by Crippen LogP contribution is -2.40. The maximum Gasteiger partial charge on any atom is 0.0589 e. The van der Waals surface area contributed by atoms with Gasteiger partial charge in [-0.3, -0.25) is 4.90 Å². The van der Waals surface area contributed by atoms with Gasteiger partial charge in [0.2, 0.25) is 0 Å². The van der Waals surface area contributed by atoms with E-state index in [4.69, 9.17) is 4.74 Å². The highest BCUT2D eigenvalue weighted by molar-refractivity contribution is 7.07. The van der Waals surface area contributed by atoms with Crippen molar-refractivity contribution < 1.29 is 4.74 Å². The minimum atomic E-state index is 0.685. The first-order valence-corrected chi connectivity index (χ1v) is 7.78. The molecule has 1 aliphatic rings. The van der Waals surface area contributed by atoms with Gasteiger partial charge in [0.1, 0.15) is 0 Å². The third-order valence-corrected chi connectivity index (χ3v) is 4.28. The van der Waals surface area contributed by atoms with Gasteiger partial charge in [-0.05, 0) is 48.2 Å². The van der Waals surface area contributed by atoms with Gasteiger partial charge in [-0.25, -0.2) is 0 Å². The number of rotatable bonds is 8. The van der Waals surface area contributed by atoms with E-state index in [0.717, 1.165) is 32.7 Å². The standard InChI is InChI=1S/C14H24N2OS/c1-17-9-8-16(11-14-3-2-6-15-14)7-4-13-5-10-18-12-13/h5,10,12,14-15H,2-4,6-9,11H2,1H3. The van der Waals surface area contributed by atoms with Crippen LogP contribution in [-0.4, -0.2) is 50.8 Å². The molecule has 0 spiro atoms. The van der Waals surface area contributed by atoms with Crippen LogP contribution >= 0.6 is 11.3 Å². The molecule has 2 rings (SSSR count). The van der Waals surface area contributed by atoms with Gasteiger partial charge in [-0.2, -0.15) is 11.3 Å². The summed E-state index contributed by atoms with van der Waals surface area (Å²) in [6, 6.07) is 2.91. The number of nitrogens with zero attached hydrogens (tertiary/aromatic N) is 1. The summed E-state index contributed by atoms with van der Waals surface area (Å²) in [5.74, 6) is 0. The fourth-order valence-electron chi connectivity index (χ4n) is 2.46. The molecule has 4 heteroatoms. The predicted molar refractivity (Wildman–Crippen MR) is 77.4 cm³/mol. The Bertz CT molecular complexity index is 310. The van der Waals surface area contributed by atoms with Crippen LogP contribution < -0.4 is 5.32 Å². The van der Waals surface area contributed by atoms with Gasteiger partial charge in [0.05, 0.1) is 6.61 Å². The molecule has 0 amide bonds. The van der Waals surface area contributed by atoms with Crippen LogP contribution in [0.25, 0.3) is 0 Å². The van der Waals surface area contributed by atoms with Crippen LogP contribution in [0.5, 0.6) is 0 Å². The summed E-state index contributed by atoms with van der Waals surface area (Å²) in [6.45, 7) is 5.36. The summed E-state index contributed by atoms with van der Waals surface area (Å²) < 4.78 is 5.21. The highest BCUT2D eigenvalue weighted by Crippen LogP contribution is 2.10. The summed E-state index contributed by atoms with van der Waals surface area (Å²) >= 11 is 1.79. The number of thiophene rings is 1. The second kappa shape index (κ2) is 7.89. The van der Waals surface area contributed by atoms with E-state index in [1.54, 1.807) is 18.4 Å². The summed E-state index contributed by atoms with van der Waals surface area (Å²) in [7, 11) is 1.78. The first kappa shape index (κ1) is 14.0. The van der Waals surface area contributed by atoms with E-state index in [1.165, 1.54) is 24.9 Å². The van der Waals surface area contributed by atoms with Gasteiger partial charge in [-0.15, -0.1) is 0 Å². The Morgan fingerprint density at radius 2 is 2.44 bits per heavy atom. The lowest BCUT2D eigenvalue weighted by Gasteiger charge is -2.25. The van der Waals surface area contributed by atoms with Crippen molar-refractivity contribution in [2.75, 3.05) is 39.9 Å². The normalized spacial score (nSPS) is 19.8. The number of ether oxygens (including phenoxy) is 1. The molecular weight excluding hydrogens is 244 g/mol. The Morgan fingerprint density at radius 1 is 1.50 bits per heavy atom. The van der Waals surface area contributed by atoms with Crippen LogP contribution in [0.2, 0.25) is 0 Å². The van der Waals surface area contributed by atoms with Crippen LogP contribution in [0.4, 0.5) is 0 Å². The second-order valence-corrected chi connectivity index (χ2v) is 5.75. The lowest BCUT2D eigenvalue weighted by molar-refractivity contribution is 0.143. The molecule has 0 bridgehead atoms. The second-order valence-electron chi connectivity index (χ2n) is 4.97. The molecule has 1 saturated heterocycles. The predicted octanol–water partition coefficient (Wildman–Crippen LogP) is 1.99. The Balaban J connectivity index is 1.75. The van der Waals surface area contributed by atoms with Gasteiger partial charge in [0.25, 0.3) is 0 Å². The van der Waals surface area contributed by atoms with E-state index >= 15 is 0 Å². The van der Waals surface area contributed by atoms with Gasteiger partial charge in [0.15, 0.2) is 0 Å². The maximum absolute atomic E-state index is 5.21. The Morgan fingerprint density at radius 3 is 3.11 bits per heavy atom. The molecule has 18 heavy (non-hydrogen) atoms. The average molecular weight is 268 g/mol. The molecule has 1 N–H and O–H groups in total. The van der Waals surface area contributed by atoms with Crippen molar-refractivity contribution in [3.63, 3.8) is 0 Å². The topological polar surface area (TPSA) is 24.5 Å². The highest BCUT2D eigenvalue weighted by atomic mass is 32.1. The molecule has 102 valence electrons. The van der Waals surface area contributed by atoms with Crippen molar-refractivity contribution in [1.82, 2.24) is 10.2 Å². The molecule has 2 heterocycles. The zero-order valence-corrected chi connectivity index (χ0v) is 12.0. The van der Waals surface area contributed by atoms with E-state index in [0.29, 0.717) is 6.04 Å². The van der Waals surface area contributed by atoms with Crippen LogP contribution in [0.15, 0.2) is 16.8 Å². The third-order valence-electron chi connectivity index (χ3n) is 3.55. The SMILES string of the molecule is COCCN(CCc1ccsc1)CC1CCCN1. The number of hydrogen-bond donors (Lipinski definition) is 1. The summed E-state index contributed by atoms with van der Waals surface area (Å²) in [5, 5.41) is 7.99. The highest BCUT2D eigenvalue weighted by Gasteiger charge is 2.17. The van der Waals surface area contributed by atoms with Crippen molar-refractivity contribution >= 4 is 11.3 Å². The molecule has 0 radical (unpaired) electrons. The molecule has 1 unspecified atom stereocenters. The quantitative estimate of drug-likeness (QED) is 0.780. The molecule has 1 atom stereocenters. The lowest BCUT2D eigenvalue weighted by atomic mass is 10.2. The molecule has 0 saturated carbocycles. The largest absolute Gasteiger partial charge is 0.383 e. The zero-order chi connectivity index (χ0) is 12.6. The summed E-state index contributed by atoms with van der Waals surface area (Å²) in [5.41, 5.74) is 1.46. The molecule has 1 aliphatic heterocycles. The molecule has 0 aliphatic carbocycles. The molecule has 1 aromatic rings. The van der Waals surface area contributed by atoms with Crippen molar-refractivity contribution in [1.29, 1.82) is 0 Å². The van der Waals surface area contributed by atoms with Gasteiger partial charge < -0.3 is 10.1 Å². The van der Waals surface area contributed by atoms with E-state index in [9.17, 15) is 0 Å². The Labute approximate surface area is 114 Å². The van der Waals surface area contributed by atoms with Crippen LogP contribution in [0, 0.1) is 0 Å². The van der Waals surface area contributed by atoms with Gasteiger partial charge in [0, 0.05) is 32.8 Å². The monoisotopic (exact) mass is 268 g/mol. The van der Waals surface area contributed by atoms with Crippen molar-refractivity contribution in [3.8, 4) is 0 Å². The van der Waals surface area contributed by atoms with Crippen molar-refractivity contribution in [2.45, 2.75) is 25.3 Å². The van der Waals surface area contributed by atoms with Crippen LogP contribution in [-0.2, 0) is 11.2 Å². The average Bonchev–Trinajstić information content (AvgIpc) is 3.05. The van der Waals surface area contributed by atoms with E-state index in [1.807, 2.05) is 0 Å². The number of nitrogens with one attached hydrogen (secondary N) is 1. The molecular formula is C14H24N2OS. The van der Waals surface area contributed by atoms with Crippen LogP contribution in [0.1, 0.15) is 18.4 Å². The fraction of sp³-hybridized carbons (Fsp3) is 0.714. The fourth-order valence-corrected chi connectivity index (χ4v) is 3.16. The minimum Gasteiger partial charge on any atom is -0.383 e. The smallest absolute Gasteiger partial charge is 0.0589 e. The number of methoxy groups -OCH3 is 1. The number of hydrogen-bond acceptors (Lipinski definition) is 4. The Hall–Kier alpha value is -0.420.